The number of carbonyl (C=O) groups excluding carboxylic acids is 1. The fourth-order valence-electron chi connectivity index (χ4n) is 3.16. The molecule has 0 bridgehead atoms. The summed E-state index contributed by atoms with van der Waals surface area (Å²) in [4.78, 5) is 13.4. The summed E-state index contributed by atoms with van der Waals surface area (Å²) in [6.07, 6.45) is -0.397. The Labute approximate surface area is 151 Å². The Morgan fingerprint density at radius 3 is 2.23 bits per heavy atom. The Bertz CT molecular complexity index is 735. The van der Waals surface area contributed by atoms with E-state index in [-0.39, 0.29) is 12.1 Å². The average Bonchev–Trinajstić information content (AvgIpc) is 2.96. The second kappa shape index (κ2) is 5.99. The van der Waals surface area contributed by atoms with Gasteiger partial charge in [-0.15, -0.1) is 0 Å². The number of nitrogens with zero attached hydrogens (tertiary/aromatic N) is 1. The fraction of sp³-hybridized carbons (Fsp3) is 0.611. The molecule has 2 aliphatic rings. The molecule has 142 valence electrons. The van der Waals surface area contributed by atoms with Crippen LogP contribution in [-0.2, 0) is 9.31 Å². The number of amides is 1. The molecule has 0 radical (unpaired) electrons. The molecule has 8 heteroatoms. The first kappa shape index (κ1) is 19.2. The lowest BCUT2D eigenvalue weighted by Gasteiger charge is -2.32. The molecule has 3 rings (SSSR count). The lowest BCUT2D eigenvalue weighted by Crippen LogP contribution is -2.41. The second-order valence-electron chi connectivity index (χ2n) is 8.11. The van der Waals surface area contributed by atoms with Crippen LogP contribution in [0.3, 0.4) is 0 Å². The zero-order valence-electron chi connectivity index (χ0n) is 15.7. The number of benzene rings is 1. The zero-order valence-corrected chi connectivity index (χ0v) is 15.7. The monoisotopic (exact) mass is 369 g/mol. The van der Waals surface area contributed by atoms with Crippen molar-refractivity contribution in [1.82, 2.24) is 4.90 Å². The summed E-state index contributed by atoms with van der Waals surface area (Å²) in [6.45, 7) is 8.53. The Hall–Kier alpha value is -1.54. The van der Waals surface area contributed by atoms with Crippen molar-refractivity contribution in [2.45, 2.75) is 58.2 Å². The van der Waals surface area contributed by atoms with Gasteiger partial charge in [-0.2, -0.15) is 0 Å². The number of aryl methyl sites for hydroxylation is 1. The first-order valence-electron chi connectivity index (χ1n) is 8.66. The van der Waals surface area contributed by atoms with E-state index < -0.39 is 48.9 Å². The van der Waals surface area contributed by atoms with Crippen molar-refractivity contribution in [1.29, 1.82) is 0 Å². The summed E-state index contributed by atoms with van der Waals surface area (Å²) in [5, 5.41) is 0. The molecule has 1 amide bonds. The summed E-state index contributed by atoms with van der Waals surface area (Å²) in [5.74, 6) is -4.40. The smallest absolute Gasteiger partial charge is 0.399 e. The zero-order chi connectivity index (χ0) is 19.5. The van der Waals surface area contributed by atoms with Crippen molar-refractivity contribution >= 4 is 18.5 Å². The molecule has 0 unspecified atom stereocenters. The third kappa shape index (κ3) is 3.25. The first-order chi connectivity index (χ1) is 11.8. The number of likely N-dealkylation sites (tertiary alicyclic amines) is 1. The second-order valence-corrected chi connectivity index (χ2v) is 8.11. The standard InChI is InChI=1S/C18H23BF3NO3/c1-11-8-12(15(24)23-7-6-18(21,22)10-23)14(20)9-13(11)19-25-16(2,3)17(4,5)26-19/h8-9H,6-7,10H2,1-5H3. The van der Waals surface area contributed by atoms with E-state index in [1.54, 1.807) is 6.92 Å². The van der Waals surface area contributed by atoms with Crippen molar-refractivity contribution < 1.29 is 27.3 Å². The van der Waals surface area contributed by atoms with E-state index in [0.29, 0.717) is 11.0 Å². The van der Waals surface area contributed by atoms with Crippen molar-refractivity contribution in [2.75, 3.05) is 13.1 Å². The molecule has 4 nitrogen and oxygen atoms in total. The van der Waals surface area contributed by atoms with Crippen LogP contribution in [0.1, 0.15) is 50.0 Å². The van der Waals surface area contributed by atoms with Crippen LogP contribution in [0.15, 0.2) is 12.1 Å². The number of halogens is 3. The van der Waals surface area contributed by atoms with Crippen LogP contribution in [0.4, 0.5) is 13.2 Å². The van der Waals surface area contributed by atoms with Gasteiger partial charge in [-0.1, -0.05) is 5.56 Å². The molecule has 2 heterocycles. The summed E-state index contributed by atoms with van der Waals surface area (Å²) in [7, 11) is -0.755. The van der Waals surface area contributed by atoms with E-state index in [9.17, 15) is 18.0 Å². The highest BCUT2D eigenvalue weighted by Crippen LogP contribution is 2.37. The molecule has 2 aliphatic heterocycles. The highest BCUT2D eigenvalue weighted by atomic mass is 19.3. The van der Waals surface area contributed by atoms with Gasteiger partial charge in [0.25, 0.3) is 11.8 Å². The van der Waals surface area contributed by atoms with Crippen molar-refractivity contribution in [3.05, 3.63) is 29.1 Å². The normalized spacial score (nSPS) is 23.5. The lowest BCUT2D eigenvalue weighted by molar-refractivity contribution is 0.00578. The Balaban J connectivity index is 1.87. The SMILES string of the molecule is Cc1cc(C(=O)N2CCC(F)(F)C2)c(F)cc1B1OC(C)(C)C(C)(C)O1. The molecule has 1 aromatic rings. The Morgan fingerprint density at radius 1 is 1.15 bits per heavy atom. The number of hydrogen-bond donors (Lipinski definition) is 0. The minimum atomic E-state index is -2.91. The van der Waals surface area contributed by atoms with E-state index in [2.05, 4.69) is 0 Å². The minimum Gasteiger partial charge on any atom is -0.399 e. The maximum absolute atomic E-state index is 14.6. The van der Waals surface area contributed by atoms with E-state index in [0.717, 1.165) is 4.90 Å². The Kier molecular flexibility index (Phi) is 4.43. The van der Waals surface area contributed by atoms with Crippen LogP contribution >= 0.6 is 0 Å². The third-order valence-electron chi connectivity index (χ3n) is 5.55. The first-order valence-corrected chi connectivity index (χ1v) is 8.66. The van der Waals surface area contributed by atoms with Gasteiger partial charge < -0.3 is 14.2 Å². The fourth-order valence-corrected chi connectivity index (χ4v) is 3.16. The van der Waals surface area contributed by atoms with Gasteiger partial charge in [0.1, 0.15) is 5.82 Å². The molecule has 0 aromatic heterocycles. The van der Waals surface area contributed by atoms with Gasteiger partial charge in [0, 0.05) is 13.0 Å². The maximum atomic E-state index is 14.6. The summed E-state index contributed by atoms with van der Waals surface area (Å²) >= 11 is 0. The number of alkyl halides is 2. The van der Waals surface area contributed by atoms with Gasteiger partial charge in [0.2, 0.25) is 0 Å². The summed E-state index contributed by atoms with van der Waals surface area (Å²) < 4.78 is 53.2. The maximum Gasteiger partial charge on any atom is 0.495 e. The van der Waals surface area contributed by atoms with Gasteiger partial charge in [0.15, 0.2) is 0 Å². The molecule has 2 saturated heterocycles. The molecular formula is C18H23BF3NO3. The number of carbonyl (C=O) groups is 1. The third-order valence-corrected chi connectivity index (χ3v) is 5.55. The molecule has 0 atom stereocenters. The number of hydrogen-bond acceptors (Lipinski definition) is 3. The molecule has 0 saturated carbocycles. The molecule has 1 aromatic carbocycles. The van der Waals surface area contributed by atoms with Crippen molar-refractivity contribution in [2.24, 2.45) is 0 Å². The van der Waals surface area contributed by atoms with Gasteiger partial charge >= 0.3 is 7.12 Å². The van der Waals surface area contributed by atoms with Gasteiger partial charge in [-0.05, 0) is 52.2 Å². The number of rotatable bonds is 2. The molecule has 0 spiro atoms. The molecule has 0 N–H and O–H groups in total. The minimum absolute atomic E-state index is 0.0801. The van der Waals surface area contributed by atoms with E-state index in [1.807, 2.05) is 27.7 Å². The molecular weight excluding hydrogens is 346 g/mol. The predicted molar refractivity (Wildman–Crippen MR) is 92.3 cm³/mol. The average molecular weight is 369 g/mol. The van der Waals surface area contributed by atoms with Crippen LogP contribution in [-0.4, -0.2) is 48.1 Å². The van der Waals surface area contributed by atoms with E-state index in [4.69, 9.17) is 9.31 Å². The van der Waals surface area contributed by atoms with Crippen LogP contribution in [0.2, 0.25) is 0 Å². The van der Waals surface area contributed by atoms with Crippen molar-refractivity contribution in [3.8, 4) is 0 Å². The highest BCUT2D eigenvalue weighted by Gasteiger charge is 2.52. The van der Waals surface area contributed by atoms with Gasteiger partial charge in [0.05, 0.1) is 23.3 Å². The van der Waals surface area contributed by atoms with Crippen LogP contribution in [0, 0.1) is 12.7 Å². The van der Waals surface area contributed by atoms with Crippen molar-refractivity contribution in [3.63, 3.8) is 0 Å². The highest BCUT2D eigenvalue weighted by molar-refractivity contribution is 6.62. The molecule has 0 aliphatic carbocycles. The topological polar surface area (TPSA) is 38.8 Å². The molecule has 26 heavy (non-hydrogen) atoms. The lowest BCUT2D eigenvalue weighted by atomic mass is 9.75. The summed E-state index contributed by atoms with van der Waals surface area (Å²) in [6, 6.07) is 2.59. The van der Waals surface area contributed by atoms with Crippen LogP contribution in [0.5, 0.6) is 0 Å². The summed E-state index contributed by atoms with van der Waals surface area (Å²) in [5.41, 5.74) is -0.254. The quantitative estimate of drug-likeness (QED) is 0.753. The van der Waals surface area contributed by atoms with Crippen LogP contribution in [0.25, 0.3) is 0 Å². The predicted octanol–water partition coefficient (Wildman–Crippen LogP) is 2.91. The van der Waals surface area contributed by atoms with Crippen LogP contribution < -0.4 is 5.46 Å². The van der Waals surface area contributed by atoms with E-state index in [1.165, 1.54) is 12.1 Å². The Morgan fingerprint density at radius 2 is 1.73 bits per heavy atom. The van der Waals surface area contributed by atoms with Gasteiger partial charge in [-0.3, -0.25) is 4.79 Å². The molecule has 2 fully saturated rings. The largest absolute Gasteiger partial charge is 0.495 e. The van der Waals surface area contributed by atoms with Gasteiger partial charge in [-0.25, -0.2) is 13.2 Å². The van der Waals surface area contributed by atoms with E-state index >= 15 is 0 Å².